The number of fused-ring (bicyclic) bond motifs is 10. The van der Waals surface area contributed by atoms with E-state index in [-0.39, 0.29) is 5.41 Å². The van der Waals surface area contributed by atoms with E-state index in [0.717, 1.165) is 28.0 Å². The second-order valence-corrected chi connectivity index (χ2v) is 12.2. The van der Waals surface area contributed by atoms with Gasteiger partial charge < -0.3 is 0 Å². The minimum Gasteiger partial charge on any atom is -0.228 e. The zero-order valence-electron chi connectivity index (χ0n) is 22.6. The summed E-state index contributed by atoms with van der Waals surface area (Å²) < 4.78 is 0. The van der Waals surface area contributed by atoms with Gasteiger partial charge in [-0.1, -0.05) is 105 Å². The van der Waals surface area contributed by atoms with E-state index in [2.05, 4.69) is 117 Å². The van der Waals surface area contributed by atoms with E-state index >= 15 is 0 Å². The van der Waals surface area contributed by atoms with Crippen molar-refractivity contribution < 1.29 is 0 Å². The highest BCUT2D eigenvalue weighted by Gasteiger charge is 2.48. The zero-order valence-corrected chi connectivity index (χ0v) is 22.6. The van der Waals surface area contributed by atoms with Crippen molar-refractivity contribution in [3.8, 4) is 44.9 Å². The lowest BCUT2D eigenvalue weighted by Gasteiger charge is -2.26. The first-order valence-electron chi connectivity index (χ1n) is 14.3. The molecule has 0 amide bonds. The largest absolute Gasteiger partial charge is 0.228 e. The van der Waals surface area contributed by atoms with Crippen LogP contribution in [0.2, 0.25) is 0 Å². The van der Waals surface area contributed by atoms with Crippen molar-refractivity contribution in [3.05, 3.63) is 131 Å². The molecule has 0 saturated heterocycles. The van der Waals surface area contributed by atoms with Crippen LogP contribution in [-0.4, -0.2) is 9.97 Å². The third-order valence-electron chi connectivity index (χ3n) is 9.60. The van der Waals surface area contributed by atoms with Crippen molar-refractivity contribution >= 4 is 10.9 Å². The van der Waals surface area contributed by atoms with Gasteiger partial charge in [-0.05, 0) is 81.0 Å². The third-order valence-corrected chi connectivity index (χ3v) is 9.60. The molecule has 5 aromatic carbocycles. The highest BCUT2D eigenvalue weighted by atomic mass is 14.9. The molecule has 3 aliphatic rings. The van der Waals surface area contributed by atoms with Crippen LogP contribution < -0.4 is 0 Å². The predicted molar refractivity (Wildman–Crippen MR) is 164 cm³/mol. The first-order valence-corrected chi connectivity index (χ1v) is 14.3. The Kier molecular flexibility index (Phi) is 4.32. The van der Waals surface area contributed by atoms with Crippen LogP contribution in [0.15, 0.2) is 109 Å². The minimum absolute atomic E-state index is 0.00737. The SMILES string of the molecule is CC1(C)c2ccccc2-c2cc3c(cc21)-c1cccc(-c2nc(-c4ccccc4)nc4ccccc24)c1C1CC31. The lowest BCUT2D eigenvalue weighted by Crippen LogP contribution is -2.15. The molecule has 1 fully saturated rings. The maximum atomic E-state index is 5.26. The summed E-state index contributed by atoms with van der Waals surface area (Å²) in [5, 5.41) is 1.11. The molecule has 1 aromatic heterocycles. The molecule has 0 aliphatic heterocycles. The quantitative estimate of drug-likeness (QED) is 0.231. The van der Waals surface area contributed by atoms with Gasteiger partial charge in [0.15, 0.2) is 5.82 Å². The molecule has 1 heterocycles. The Hall–Kier alpha value is -4.56. The number of nitrogens with zero attached hydrogens (tertiary/aromatic N) is 2. The Bertz CT molecular complexity index is 2020. The Morgan fingerprint density at radius 1 is 0.600 bits per heavy atom. The number of hydrogen-bond acceptors (Lipinski definition) is 2. The van der Waals surface area contributed by atoms with Crippen LogP contribution in [0.1, 0.15) is 54.4 Å². The van der Waals surface area contributed by atoms with Crippen LogP contribution in [-0.2, 0) is 5.41 Å². The normalized spacial score (nSPS) is 18.9. The molecular weight excluding hydrogens is 484 g/mol. The summed E-state index contributed by atoms with van der Waals surface area (Å²) in [4.78, 5) is 10.2. The molecule has 6 aromatic rings. The number of aromatic nitrogens is 2. The van der Waals surface area contributed by atoms with Gasteiger partial charge in [0, 0.05) is 21.9 Å². The standard InChI is InChI=1S/C38H28N2/c1-38(2)32-17-8-6-13-23(32)30-19-27-28-20-31(28)35-24(29(27)21-33(30)38)15-10-16-26(35)36-25-14-7-9-18-34(25)39-37(40-36)22-11-4-3-5-12-22/h3-19,21,28,31H,20H2,1-2H3. The van der Waals surface area contributed by atoms with Crippen LogP contribution in [0.4, 0.5) is 0 Å². The van der Waals surface area contributed by atoms with Gasteiger partial charge in [0.1, 0.15) is 0 Å². The lowest BCUT2D eigenvalue weighted by molar-refractivity contribution is 0.660. The number of rotatable bonds is 2. The smallest absolute Gasteiger partial charge is 0.160 e. The number of para-hydroxylation sites is 1. The van der Waals surface area contributed by atoms with Crippen molar-refractivity contribution in [2.45, 2.75) is 37.5 Å². The predicted octanol–water partition coefficient (Wildman–Crippen LogP) is 9.52. The molecule has 2 unspecified atom stereocenters. The van der Waals surface area contributed by atoms with Crippen LogP contribution in [0.3, 0.4) is 0 Å². The maximum Gasteiger partial charge on any atom is 0.160 e. The van der Waals surface area contributed by atoms with Crippen molar-refractivity contribution in [2.24, 2.45) is 0 Å². The van der Waals surface area contributed by atoms with Crippen molar-refractivity contribution in [2.75, 3.05) is 0 Å². The second-order valence-electron chi connectivity index (χ2n) is 12.2. The Morgan fingerprint density at radius 3 is 2.25 bits per heavy atom. The van der Waals surface area contributed by atoms with E-state index in [4.69, 9.17) is 9.97 Å². The maximum absolute atomic E-state index is 5.26. The average Bonchev–Trinajstić information content (AvgIpc) is 3.78. The highest BCUT2D eigenvalue weighted by Crippen LogP contribution is 2.65. The fourth-order valence-corrected chi connectivity index (χ4v) is 7.57. The van der Waals surface area contributed by atoms with Crippen molar-refractivity contribution in [3.63, 3.8) is 0 Å². The highest BCUT2D eigenvalue weighted by molar-refractivity contribution is 5.97. The summed E-state index contributed by atoms with van der Waals surface area (Å²) >= 11 is 0. The van der Waals surface area contributed by atoms with E-state index < -0.39 is 0 Å². The van der Waals surface area contributed by atoms with Gasteiger partial charge in [0.25, 0.3) is 0 Å². The molecule has 2 atom stereocenters. The second kappa shape index (κ2) is 7.76. The molecular formula is C38H28N2. The van der Waals surface area contributed by atoms with Gasteiger partial charge in [-0.25, -0.2) is 9.97 Å². The molecule has 0 N–H and O–H groups in total. The molecule has 190 valence electrons. The molecule has 1 saturated carbocycles. The van der Waals surface area contributed by atoms with E-state index in [9.17, 15) is 0 Å². The van der Waals surface area contributed by atoms with Crippen LogP contribution in [0.5, 0.6) is 0 Å². The molecule has 9 rings (SSSR count). The summed E-state index contributed by atoms with van der Waals surface area (Å²) in [6, 6.07) is 39.7. The van der Waals surface area contributed by atoms with Gasteiger partial charge in [-0.3, -0.25) is 0 Å². The van der Waals surface area contributed by atoms with Crippen molar-refractivity contribution in [1.29, 1.82) is 0 Å². The van der Waals surface area contributed by atoms with Crippen LogP contribution in [0.25, 0.3) is 55.8 Å². The fourth-order valence-electron chi connectivity index (χ4n) is 7.57. The summed E-state index contributed by atoms with van der Waals surface area (Å²) in [7, 11) is 0. The minimum atomic E-state index is -0.00737. The number of benzene rings is 5. The zero-order chi connectivity index (χ0) is 26.6. The Balaban J connectivity index is 1.29. The van der Waals surface area contributed by atoms with E-state index in [1.165, 1.54) is 56.5 Å². The molecule has 2 heteroatoms. The monoisotopic (exact) mass is 512 g/mol. The van der Waals surface area contributed by atoms with Gasteiger partial charge in [-0.15, -0.1) is 0 Å². The van der Waals surface area contributed by atoms with Gasteiger partial charge >= 0.3 is 0 Å². The first kappa shape index (κ1) is 22.3. The number of hydrogen-bond donors (Lipinski definition) is 0. The lowest BCUT2D eigenvalue weighted by atomic mass is 9.77. The molecule has 40 heavy (non-hydrogen) atoms. The van der Waals surface area contributed by atoms with Gasteiger partial charge in [0.05, 0.1) is 11.2 Å². The van der Waals surface area contributed by atoms with Crippen LogP contribution >= 0.6 is 0 Å². The topological polar surface area (TPSA) is 25.8 Å². The van der Waals surface area contributed by atoms with Crippen LogP contribution in [0, 0.1) is 0 Å². The molecule has 0 bridgehead atoms. The van der Waals surface area contributed by atoms with E-state index in [0.29, 0.717) is 11.8 Å². The van der Waals surface area contributed by atoms with Gasteiger partial charge in [0.2, 0.25) is 0 Å². The summed E-state index contributed by atoms with van der Waals surface area (Å²) in [5.41, 5.74) is 15.8. The Labute approximate surface area is 234 Å². The average molecular weight is 513 g/mol. The molecule has 3 aliphatic carbocycles. The molecule has 0 radical (unpaired) electrons. The van der Waals surface area contributed by atoms with Gasteiger partial charge in [-0.2, -0.15) is 0 Å². The van der Waals surface area contributed by atoms with Crippen molar-refractivity contribution in [1.82, 2.24) is 9.97 Å². The van der Waals surface area contributed by atoms with E-state index in [1.807, 2.05) is 6.07 Å². The fraction of sp³-hybridized carbons (Fsp3) is 0.158. The Morgan fingerprint density at radius 2 is 1.35 bits per heavy atom. The molecule has 0 spiro atoms. The first-order chi connectivity index (χ1) is 19.6. The summed E-state index contributed by atoms with van der Waals surface area (Å²) in [5.74, 6) is 1.90. The van der Waals surface area contributed by atoms with E-state index in [1.54, 1.807) is 0 Å². The summed E-state index contributed by atoms with van der Waals surface area (Å²) in [6.45, 7) is 4.75. The third kappa shape index (κ3) is 2.94. The molecule has 2 nitrogen and oxygen atoms in total. The summed E-state index contributed by atoms with van der Waals surface area (Å²) in [6.07, 6.45) is 1.20.